The maximum atomic E-state index is 5.24. The van der Waals surface area contributed by atoms with Gasteiger partial charge < -0.3 is 14.8 Å². The van der Waals surface area contributed by atoms with Gasteiger partial charge in [0, 0.05) is 22.4 Å². The number of aromatic nitrogens is 1. The van der Waals surface area contributed by atoms with Gasteiger partial charge in [0.15, 0.2) is 11.5 Å². The maximum Gasteiger partial charge on any atom is 0.162 e. The van der Waals surface area contributed by atoms with Crippen molar-refractivity contribution in [2.45, 2.75) is 0 Å². The van der Waals surface area contributed by atoms with Gasteiger partial charge in [-0.2, -0.15) is 0 Å². The van der Waals surface area contributed by atoms with Crippen LogP contribution in [0.1, 0.15) is 0 Å². The van der Waals surface area contributed by atoms with Crippen LogP contribution >= 0.6 is 15.9 Å². The van der Waals surface area contributed by atoms with Crippen LogP contribution in [0.2, 0.25) is 0 Å². The lowest BCUT2D eigenvalue weighted by Crippen LogP contribution is -1.95. The molecule has 5 heteroatoms. The molecule has 0 aliphatic rings. The van der Waals surface area contributed by atoms with Crippen molar-refractivity contribution in [1.82, 2.24) is 4.98 Å². The topological polar surface area (TPSA) is 43.4 Å². The van der Waals surface area contributed by atoms with E-state index in [0.29, 0.717) is 11.5 Å². The molecular formula is C13H13BrN2O2. The van der Waals surface area contributed by atoms with E-state index < -0.39 is 0 Å². The highest BCUT2D eigenvalue weighted by atomic mass is 79.9. The number of methoxy groups -OCH3 is 2. The lowest BCUT2D eigenvalue weighted by atomic mass is 10.2. The molecule has 0 spiro atoms. The third kappa shape index (κ3) is 2.92. The molecule has 0 aliphatic carbocycles. The van der Waals surface area contributed by atoms with E-state index in [1.165, 1.54) is 0 Å². The number of pyridine rings is 1. The molecule has 2 aromatic rings. The predicted octanol–water partition coefficient (Wildman–Crippen LogP) is 3.60. The van der Waals surface area contributed by atoms with Crippen LogP contribution in [0, 0.1) is 0 Å². The number of hydrogen-bond acceptors (Lipinski definition) is 4. The van der Waals surface area contributed by atoms with Crippen molar-refractivity contribution < 1.29 is 9.47 Å². The standard InChI is InChI=1S/C13H13BrN2O2/c1-17-11-5-4-10(7-12(11)18-2)16-13-6-3-9(14)8-15-13/h3-8H,1-2H3,(H,15,16). The Morgan fingerprint density at radius 2 is 1.83 bits per heavy atom. The largest absolute Gasteiger partial charge is 0.493 e. The molecule has 0 saturated carbocycles. The van der Waals surface area contributed by atoms with E-state index in [1.807, 2.05) is 30.3 Å². The Bertz CT molecular complexity index is 529. The van der Waals surface area contributed by atoms with Gasteiger partial charge in [0.1, 0.15) is 5.82 Å². The minimum Gasteiger partial charge on any atom is -0.493 e. The Kier molecular flexibility index (Phi) is 4.04. The third-order valence-corrected chi connectivity index (χ3v) is 2.85. The highest BCUT2D eigenvalue weighted by Crippen LogP contribution is 2.30. The fourth-order valence-electron chi connectivity index (χ4n) is 1.51. The van der Waals surface area contributed by atoms with Crippen molar-refractivity contribution in [1.29, 1.82) is 0 Å². The Morgan fingerprint density at radius 3 is 2.44 bits per heavy atom. The molecule has 0 fully saturated rings. The number of hydrogen-bond donors (Lipinski definition) is 1. The molecule has 94 valence electrons. The van der Waals surface area contributed by atoms with Gasteiger partial charge in [-0.1, -0.05) is 0 Å². The second-order valence-electron chi connectivity index (χ2n) is 3.56. The van der Waals surface area contributed by atoms with Gasteiger partial charge in [-0.25, -0.2) is 4.98 Å². The Balaban J connectivity index is 2.21. The van der Waals surface area contributed by atoms with Gasteiger partial charge in [0.2, 0.25) is 0 Å². The first-order chi connectivity index (χ1) is 8.72. The van der Waals surface area contributed by atoms with Crippen LogP contribution in [0.5, 0.6) is 11.5 Å². The van der Waals surface area contributed by atoms with Crippen molar-refractivity contribution in [3.05, 3.63) is 41.0 Å². The number of ether oxygens (including phenoxy) is 2. The van der Waals surface area contributed by atoms with Crippen LogP contribution in [0.4, 0.5) is 11.5 Å². The number of benzene rings is 1. The van der Waals surface area contributed by atoms with Gasteiger partial charge in [-0.05, 0) is 40.2 Å². The zero-order chi connectivity index (χ0) is 13.0. The molecule has 0 saturated heterocycles. The van der Waals surface area contributed by atoms with Crippen molar-refractivity contribution in [3.63, 3.8) is 0 Å². The lowest BCUT2D eigenvalue weighted by Gasteiger charge is -2.10. The van der Waals surface area contributed by atoms with Crippen LogP contribution < -0.4 is 14.8 Å². The van der Waals surface area contributed by atoms with Crippen molar-refractivity contribution >= 4 is 27.4 Å². The summed E-state index contributed by atoms with van der Waals surface area (Å²) in [6.45, 7) is 0. The average molecular weight is 309 g/mol. The SMILES string of the molecule is COc1ccc(Nc2ccc(Br)cn2)cc1OC. The average Bonchev–Trinajstić information content (AvgIpc) is 2.41. The van der Waals surface area contributed by atoms with E-state index in [2.05, 4.69) is 26.2 Å². The molecule has 2 rings (SSSR count). The quantitative estimate of drug-likeness (QED) is 0.937. The Hall–Kier alpha value is -1.75. The second kappa shape index (κ2) is 5.73. The number of rotatable bonds is 4. The molecule has 0 atom stereocenters. The summed E-state index contributed by atoms with van der Waals surface area (Å²) in [6.07, 6.45) is 1.74. The molecule has 18 heavy (non-hydrogen) atoms. The normalized spacial score (nSPS) is 9.94. The summed E-state index contributed by atoms with van der Waals surface area (Å²) in [6, 6.07) is 9.44. The van der Waals surface area contributed by atoms with Crippen LogP contribution in [0.3, 0.4) is 0 Å². The third-order valence-electron chi connectivity index (χ3n) is 2.38. The minimum absolute atomic E-state index is 0.680. The van der Waals surface area contributed by atoms with Crippen LogP contribution in [-0.4, -0.2) is 19.2 Å². The zero-order valence-electron chi connectivity index (χ0n) is 10.1. The van der Waals surface area contributed by atoms with Crippen molar-refractivity contribution in [2.24, 2.45) is 0 Å². The molecule has 1 aromatic heterocycles. The highest BCUT2D eigenvalue weighted by Gasteiger charge is 2.04. The fraction of sp³-hybridized carbons (Fsp3) is 0.154. The zero-order valence-corrected chi connectivity index (χ0v) is 11.7. The number of nitrogens with one attached hydrogen (secondary N) is 1. The second-order valence-corrected chi connectivity index (χ2v) is 4.47. The number of halogens is 1. The first-order valence-electron chi connectivity index (χ1n) is 5.33. The minimum atomic E-state index is 0.680. The lowest BCUT2D eigenvalue weighted by molar-refractivity contribution is 0.355. The maximum absolute atomic E-state index is 5.24. The van der Waals surface area contributed by atoms with Gasteiger partial charge >= 0.3 is 0 Å². The summed E-state index contributed by atoms with van der Waals surface area (Å²) in [4.78, 5) is 4.24. The number of anilines is 2. The van der Waals surface area contributed by atoms with Gasteiger partial charge in [0.25, 0.3) is 0 Å². The molecule has 0 radical (unpaired) electrons. The summed E-state index contributed by atoms with van der Waals surface area (Å²) >= 11 is 3.35. The fourth-order valence-corrected chi connectivity index (χ4v) is 1.75. The van der Waals surface area contributed by atoms with Gasteiger partial charge in [0.05, 0.1) is 14.2 Å². The van der Waals surface area contributed by atoms with E-state index >= 15 is 0 Å². The van der Waals surface area contributed by atoms with Gasteiger partial charge in [-0.15, -0.1) is 0 Å². The molecule has 1 aromatic carbocycles. The predicted molar refractivity (Wildman–Crippen MR) is 74.8 cm³/mol. The molecule has 0 bridgehead atoms. The highest BCUT2D eigenvalue weighted by molar-refractivity contribution is 9.10. The molecule has 0 unspecified atom stereocenters. The summed E-state index contributed by atoms with van der Waals surface area (Å²) in [5, 5.41) is 3.19. The summed E-state index contributed by atoms with van der Waals surface area (Å²) in [7, 11) is 3.22. The van der Waals surface area contributed by atoms with E-state index in [-0.39, 0.29) is 0 Å². The Labute approximate surface area is 114 Å². The first-order valence-corrected chi connectivity index (χ1v) is 6.13. The molecular weight excluding hydrogens is 296 g/mol. The number of nitrogens with zero attached hydrogens (tertiary/aromatic N) is 1. The first kappa shape index (κ1) is 12.7. The van der Waals surface area contributed by atoms with E-state index in [1.54, 1.807) is 20.4 Å². The van der Waals surface area contributed by atoms with Crippen LogP contribution in [-0.2, 0) is 0 Å². The molecule has 4 nitrogen and oxygen atoms in total. The molecule has 0 amide bonds. The summed E-state index contributed by atoms with van der Waals surface area (Å²) in [5.41, 5.74) is 0.891. The van der Waals surface area contributed by atoms with E-state index in [4.69, 9.17) is 9.47 Å². The van der Waals surface area contributed by atoms with Crippen LogP contribution in [0.25, 0.3) is 0 Å². The monoisotopic (exact) mass is 308 g/mol. The molecule has 1 N–H and O–H groups in total. The van der Waals surface area contributed by atoms with Gasteiger partial charge in [-0.3, -0.25) is 0 Å². The summed E-state index contributed by atoms with van der Waals surface area (Å²) in [5.74, 6) is 2.15. The summed E-state index contributed by atoms with van der Waals surface area (Å²) < 4.78 is 11.4. The molecule has 1 heterocycles. The molecule has 0 aliphatic heterocycles. The smallest absolute Gasteiger partial charge is 0.162 e. The van der Waals surface area contributed by atoms with Crippen LogP contribution in [0.15, 0.2) is 41.0 Å². The van der Waals surface area contributed by atoms with E-state index in [9.17, 15) is 0 Å². The van der Waals surface area contributed by atoms with Crippen molar-refractivity contribution in [3.8, 4) is 11.5 Å². The van der Waals surface area contributed by atoms with E-state index in [0.717, 1.165) is 16.0 Å². The Morgan fingerprint density at radius 1 is 1.06 bits per heavy atom. The van der Waals surface area contributed by atoms with Crippen molar-refractivity contribution in [2.75, 3.05) is 19.5 Å².